The molecule has 0 saturated carbocycles. The van der Waals surface area contributed by atoms with Crippen molar-refractivity contribution in [3.05, 3.63) is 35.1 Å². The van der Waals surface area contributed by atoms with Gasteiger partial charge in [-0.1, -0.05) is 11.2 Å². The van der Waals surface area contributed by atoms with Crippen molar-refractivity contribution >= 4 is 23.4 Å². The molecule has 0 aliphatic heterocycles. The van der Waals surface area contributed by atoms with Crippen LogP contribution in [0.2, 0.25) is 0 Å². The lowest BCUT2D eigenvalue weighted by molar-refractivity contribution is -0.105. The molecular weight excluding hydrogens is 361 g/mol. The minimum Gasteiger partial charge on any atom is -0.353 e. The van der Waals surface area contributed by atoms with Crippen LogP contribution < -0.4 is 0 Å². The van der Waals surface area contributed by atoms with Crippen LogP contribution in [0.15, 0.2) is 27.6 Å². The summed E-state index contributed by atoms with van der Waals surface area (Å²) < 4.78 is 67.6. The molecule has 2 nitrogen and oxygen atoms in total. The Morgan fingerprint density at radius 3 is 2.26 bits per heavy atom. The van der Waals surface area contributed by atoms with E-state index in [1.165, 1.54) is 6.07 Å². The zero-order valence-corrected chi connectivity index (χ0v) is 13.5. The number of hydrogen-bond acceptors (Lipinski definition) is 3. The molecule has 1 heterocycles. The van der Waals surface area contributed by atoms with E-state index in [1.54, 1.807) is 19.9 Å². The maximum absolute atomic E-state index is 13.0. The lowest BCUT2D eigenvalue weighted by Crippen LogP contribution is -2.10. The summed E-state index contributed by atoms with van der Waals surface area (Å²) in [6, 6.07) is 4.12. The Kier molecular flexibility index (Phi) is 4.96. The number of hydrogen-bond donors (Lipinski definition) is 0. The third kappa shape index (κ3) is 4.60. The van der Waals surface area contributed by atoms with E-state index in [-0.39, 0.29) is 5.69 Å². The fraction of sp³-hybridized carbons (Fsp3) is 0.357. The predicted molar refractivity (Wildman–Crippen MR) is 77.9 cm³/mol. The molecule has 0 fully saturated rings. The van der Waals surface area contributed by atoms with E-state index >= 15 is 0 Å². The van der Waals surface area contributed by atoms with Crippen molar-refractivity contribution in [1.82, 2.24) is 5.16 Å². The summed E-state index contributed by atoms with van der Waals surface area (Å²) in [4.78, 5) is 0.394. The van der Waals surface area contributed by atoms with Crippen LogP contribution in [0.1, 0.15) is 16.9 Å². The van der Waals surface area contributed by atoms with Gasteiger partial charge in [0.15, 0.2) is 0 Å². The van der Waals surface area contributed by atoms with Crippen molar-refractivity contribution in [2.75, 3.05) is 5.75 Å². The minimum absolute atomic E-state index is 0.0895. The molecule has 1 aromatic heterocycles. The van der Waals surface area contributed by atoms with Crippen LogP contribution in [0.5, 0.6) is 0 Å². The SMILES string of the molecule is Cc1cc(C)c(-c2cc(C(F)(F)Cl)on2)cc1SCC(F)(F)F. The number of thioether (sulfide) groups is 1. The average Bonchev–Trinajstić information content (AvgIpc) is 2.85. The van der Waals surface area contributed by atoms with Crippen LogP contribution in [0.3, 0.4) is 0 Å². The first-order valence-corrected chi connectivity index (χ1v) is 7.69. The molecule has 23 heavy (non-hydrogen) atoms. The smallest absolute Gasteiger partial charge is 0.353 e. The molecule has 126 valence electrons. The van der Waals surface area contributed by atoms with E-state index in [0.717, 1.165) is 6.07 Å². The van der Waals surface area contributed by atoms with Gasteiger partial charge >= 0.3 is 11.6 Å². The first-order chi connectivity index (χ1) is 10.5. The number of aryl methyl sites for hydroxylation is 2. The van der Waals surface area contributed by atoms with Gasteiger partial charge in [-0.05, 0) is 42.6 Å². The van der Waals surface area contributed by atoms with Crippen LogP contribution >= 0.6 is 23.4 Å². The minimum atomic E-state index is -4.30. The highest BCUT2D eigenvalue weighted by Crippen LogP contribution is 2.37. The zero-order valence-electron chi connectivity index (χ0n) is 12.0. The fourth-order valence-corrected chi connectivity index (χ4v) is 2.86. The van der Waals surface area contributed by atoms with Gasteiger partial charge in [-0.3, -0.25) is 0 Å². The van der Waals surface area contributed by atoms with Crippen LogP contribution in [0.25, 0.3) is 11.3 Å². The Morgan fingerprint density at radius 2 is 1.74 bits per heavy atom. The molecule has 0 bridgehead atoms. The Bertz CT molecular complexity index is 708. The molecule has 0 aliphatic rings. The molecule has 0 spiro atoms. The van der Waals surface area contributed by atoms with Crippen molar-refractivity contribution in [3.63, 3.8) is 0 Å². The highest BCUT2D eigenvalue weighted by atomic mass is 35.5. The van der Waals surface area contributed by atoms with Crippen molar-refractivity contribution < 1.29 is 26.5 Å². The Hall–Kier alpha value is -1.28. The van der Waals surface area contributed by atoms with Gasteiger partial charge in [0.1, 0.15) is 5.69 Å². The van der Waals surface area contributed by atoms with E-state index in [2.05, 4.69) is 9.68 Å². The van der Waals surface area contributed by atoms with Crippen LogP contribution in [0.4, 0.5) is 22.0 Å². The van der Waals surface area contributed by atoms with E-state index in [1.807, 2.05) is 0 Å². The quantitative estimate of drug-likeness (QED) is 0.380. The van der Waals surface area contributed by atoms with Crippen LogP contribution in [0, 0.1) is 13.8 Å². The van der Waals surface area contributed by atoms with Gasteiger partial charge in [-0.2, -0.15) is 22.0 Å². The zero-order chi connectivity index (χ0) is 17.4. The highest BCUT2D eigenvalue weighted by molar-refractivity contribution is 7.99. The molecule has 9 heteroatoms. The molecule has 1 aromatic carbocycles. The number of halogens is 6. The number of alkyl halides is 6. The molecule has 0 N–H and O–H groups in total. The number of rotatable bonds is 4. The van der Waals surface area contributed by atoms with E-state index in [4.69, 9.17) is 11.6 Å². The fourth-order valence-electron chi connectivity index (χ4n) is 1.96. The summed E-state index contributed by atoms with van der Waals surface area (Å²) in [6.45, 7) is 3.38. The monoisotopic (exact) mass is 371 g/mol. The summed E-state index contributed by atoms with van der Waals surface area (Å²) in [6.07, 6.45) is -4.30. The van der Waals surface area contributed by atoms with Crippen molar-refractivity contribution in [2.45, 2.75) is 30.3 Å². The summed E-state index contributed by atoms with van der Waals surface area (Å²) >= 11 is 5.49. The molecule has 0 amide bonds. The summed E-state index contributed by atoms with van der Waals surface area (Å²) in [5, 5.41) is -0.174. The molecule has 2 rings (SSSR count). The van der Waals surface area contributed by atoms with Gasteiger partial charge in [0.05, 0.1) is 5.75 Å². The summed E-state index contributed by atoms with van der Waals surface area (Å²) in [5.74, 6) is -1.86. The number of nitrogens with zero attached hydrogens (tertiary/aromatic N) is 1. The van der Waals surface area contributed by atoms with Crippen LogP contribution in [-0.4, -0.2) is 17.1 Å². The number of aromatic nitrogens is 1. The third-order valence-corrected chi connectivity index (χ3v) is 4.39. The van der Waals surface area contributed by atoms with Gasteiger partial charge in [0.25, 0.3) is 0 Å². The van der Waals surface area contributed by atoms with Gasteiger partial charge in [0, 0.05) is 16.5 Å². The molecule has 0 atom stereocenters. The second-order valence-corrected chi connectivity index (χ2v) is 6.40. The normalized spacial score (nSPS) is 12.7. The average molecular weight is 372 g/mol. The van der Waals surface area contributed by atoms with Crippen LogP contribution in [-0.2, 0) is 5.38 Å². The molecule has 0 unspecified atom stereocenters. The summed E-state index contributed by atoms with van der Waals surface area (Å²) in [5.41, 5.74) is 1.84. The third-order valence-electron chi connectivity index (χ3n) is 2.98. The first-order valence-electron chi connectivity index (χ1n) is 6.32. The van der Waals surface area contributed by atoms with Gasteiger partial charge in [-0.15, -0.1) is 11.8 Å². The molecule has 0 aliphatic carbocycles. The maximum Gasteiger partial charge on any atom is 0.398 e. The summed E-state index contributed by atoms with van der Waals surface area (Å²) in [7, 11) is 0. The standard InChI is InChI=1S/C14H11ClF5NOS/c1-7-3-8(2)11(23-6-13(16,17)18)4-9(7)10-5-12(22-21-10)14(15,19)20/h3-5H,6H2,1-2H3. The maximum atomic E-state index is 13.0. The van der Waals surface area contributed by atoms with E-state index < -0.39 is 23.1 Å². The van der Waals surface area contributed by atoms with Gasteiger partial charge < -0.3 is 4.52 Å². The highest BCUT2D eigenvalue weighted by Gasteiger charge is 2.34. The largest absolute Gasteiger partial charge is 0.398 e. The van der Waals surface area contributed by atoms with E-state index in [9.17, 15) is 22.0 Å². The second kappa shape index (κ2) is 6.32. The molecular formula is C14H11ClF5NOS. The molecule has 0 radical (unpaired) electrons. The predicted octanol–water partition coefficient (Wildman–Crippen LogP) is 5.90. The first kappa shape index (κ1) is 18.1. The molecule has 0 saturated heterocycles. The van der Waals surface area contributed by atoms with Gasteiger partial charge in [0.2, 0.25) is 5.76 Å². The van der Waals surface area contributed by atoms with E-state index in [0.29, 0.717) is 33.3 Å². The lowest BCUT2D eigenvalue weighted by Gasteiger charge is -2.11. The number of benzene rings is 1. The Balaban J connectivity index is 2.37. The lowest BCUT2D eigenvalue weighted by atomic mass is 10.0. The van der Waals surface area contributed by atoms with Crippen molar-refractivity contribution in [3.8, 4) is 11.3 Å². The Morgan fingerprint density at radius 1 is 1.09 bits per heavy atom. The topological polar surface area (TPSA) is 26.0 Å². The van der Waals surface area contributed by atoms with Crippen molar-refractivity contribution in [1.29, 1.82) is 0 Å². The molecule has 2 aromatic rings. The second-order valence-electron chi connectivity index (χ2n) is 4.91. The van der Waals surface area contributed by atoms with Crippen molar-refractivity contribution in [2.24, 2.45) is 0 Å². The van der Waals surface area contributed by atoms with Gasteiger partial charge in [-0.25, -0.2) is 0 Å². The Labute approximate surface area is 138 Å².